The van der Waals surface area contributed by atoms with E-state index in [1.54, 1.807) is 32.0 Å². The summed E-state index contributed by atoms with van der Waals surface area (Å²) in [6.45, 7) is 4.36. The quantitative estimate of drug-likeness (QED) is 0.464. The number of ether oxygens (including phenoxy) is 1. The summed E-state index contributed by atoms with van der Waals surface area (Å²) in [5, 5.41) is 11.7. The molecular formula is C28H28N2O5. The smallest absolute Gasteiger partial charge is 0.411 e. The largest absolute Gasteiger partial charge is 0.481 e. The SMILES string of the molecule is CCN(CCC(=O)O)C(=O)c1ccc(NC(=O)OCC2c3ccccc3-c3ccccc32)c(C)c1. The number of nitrogens with one attached hydrogen (secondary N) is 1. The molecule has 0 saturated carbocycles. The van der Waals surface area contributed by atoms with E-state index in [2.05, 4.69) is 29.6 Å². The normalized spacial score (nSPS) is 11.9. The van der Waals surface area contributed by atoms with Crippen molar-refractivity contribution >= 4 is 23.7 Å². The number of amides is 2. The van der Waals surface area contributed by atoms with Crippen LogP contribution >= 0.6 is 0 Å². The van der Waals surface area contributed by atoms with E-state index in [0.717, 1.165) is 22.3 Å². The molecule has 1 aliphatic rings. The number of nitrogens with zero attached hydrogens (tertiary/aromatic N) is 1. The van der Waals surface area contributed by atoms with Gasteiger partial charge >= 0.3 is 12.1 Å². The van der Waals surface area contributed by atoms with Gasteiger partial charge in [0.25, 0.3) is 5.91 Å². The Hall–Kier alpha value is -4.13. The summed E-state index contributed by atoms with van der Waals surface area (Å²) >= 11 is 0. The Morgan fingerprint density at radius 2 is 1.60 bits per heavy atom. The highest BCUT2D eigenvalue weighted by Gasteiger charge is 2.29. The van der Waals surface area contributed by atoms with E-state index in [4.69, 9.17) is 9.84 Å². The number of carboxylic acid groups (broad SMARTS) is 1. The zero-order valence-electron chi connectivity index (χ0n) is 19.8. The summed E-state index contributed by atoms with van der Waals surface area (Å²) in [6, 6.07) is 21.3. The molecule has 0 fully saturated rings. The topological polar surface area (TPSA) is 95.9 Å². The highest BCUT2D eigenvalue weighted by molar-refractivity contribution is 5.96. The van der Waals surface area contributed by atoms with Gasteiger partial charge in [0.15, 0.2) is 0 Å². The Balaban J connectivity index is 1.40. The Morgan fingerprint density at radius 3 is 2.17 bits per heavy atom. The van der Waals surface area contributed by atoms with Crippen molar-refractivity contribution in [3.63, 3.8) is 0 Å². The lowest BCUT2D eigenvalue weighted by Crippen LogP contribution is -2.32. The molecular weight excluding hydrogens is 444 g/mol. The van der Waals surface area contributed by atoms with Gasteiger partial charge in [0.1, 0.15) is 6.61 Å². The number of hydrogen-bond donors (Lipinski definition) is 2. The maximum Gasteiger partial charge on any atom is 0.411 e. The molecule has 0 atom stereocenters. The highest BCUT2D eigenvalue weighted by Crippen LogP contribution is 2.44. The third-order valence-corrected chi connectivity index (χ3v) is 6.32. The molecule has 3 aromatic rings. The number of carboxylic acids is 1. The van der Waals surface area contributed by atoms with Crippen LogP contribution in [0.3, 0.4) is 0 Å². The summed E-state index contributed by atoms with van der Waals surface area (Å²) in [7, 11) is 0. The molecule has 0 radical (unpaired) electrons. The molecule has 0 aliphatic heterocycles. The van der Waals surface area contributed by atoms with Crippen molar-refractivity contribution in [1.29, 1.82) is 0 Å². The molecule has 2 amide bonds. The maximum absolute atomic E-state index is 12.7. The fourth-order valence-corrected chi connectivity index (χ4v) is 4.50. The van der Waals surface area contributed by atoms with Gasteiger partial charge in [-0.3, -0.25) is 14.9 Å². The lowest BCUT2D eigenvalue weighted by molar-refractivity contribution is -0.137. The van der Waals surface area contributed by atoms with Crippen LogP contribution in [-0.2, 0) is 9.53 Å². The highest BCUT2D eigenvalue weighted by atomic mass is 16.5. The number of hydrogen-bond acceptors (Lipinski definition) is 4. The summed E-state index contributed by atoms with van der Waals surface area (Å²) in [4.78, 5) is 37.7. The van der Waals surface area contributed by atoms with E-state index in [1.165, 1.54) is 4.90 Å². The van der Waals surface area contributed by atoms with Gasteiger partial charge in [0.2, 0.25) is 0 Å². The Bertz CT molecular complexity index is 1220. The lowest BCUT2D eigenvalue weighted by atomic mass is 9.98. The second-order valence-corrected chi connectivity index (χ2v) is 8.51. The zero-order chi connectivity index (χ0) is 24.9. The molecule has 3 aromatic carbocycles. The third-order valence-electron chi connectivity index (χ3n) is 6.32. The first-order valence-electron chi connectivity index (χ1n) is 11.6. The van der Waals surface area contributed by atoms with Crippen LogP contribution in [0.4, 0.5) is 10.5 Å². The number of fused-ring (bicyclic) bond motifs is 3. The van der Waals surface area contributed by atoms with Gasteiger partial charge in [-0.05, 0) is 59.9 Å². The van der Waals surface area contributed by atoms with Crippen molar-refractivity contribution < 1.29 is 24.2 Å². The number of aryl methyl sites for hydroxylation is 1. The van der Waals surface area contributed by atoms with Gasteiger partial charge in [-0.2, -0.15) is 0 Å². The molecule has 0 unspecified atom stereocenters. The predicted molar refractivity (Wildman–Crippen MR) is 134 cm³/mol. The number of rotatable bonds is 8. The maximum atomic E-state index is 12.7. The van der Waals surface area contributed by atoms with Gasteiger partial charge in [-0.15, -0.1) is 0 Å². The minimum Gasteiger partial charge on any atom is -0.481 e. The van der Waals surface area contributed by atoms with Gasteiger partial charge in [-0.25, -0.2) is 4.79 Å². The van der Waals surface area contributed by atoms with Crippen LogP contribution in [0.15, 0.2) is 66.7 Å². The van der Waals surface area contributed by atoms with Crippen LogP contribution in [0.1, 0.15) is 46.3 Å². The first-order chi connectivity index (χ1) is 16.9. The number of anilines is 1. The molecule has 0 heterocycles. The molecule has 7 heteroatoms. The van der Waals surface area contributed by atoms with Gasteiger partial charge in [0, 0.05) is 30.3 Å². The average molecular weight is 473 g/mol. The molecule has 4 rings (SSSR count). The van der Waals surface area contributed by atoms with Crippen LogP contribution in [0.25, 0.3) is 11.1 Å². The van der Waals surface area contributed by atoms with E-state index in [9.17, 15) is 14.4 Å². The number of carbonyl (C=O) groups is 3. The van der Waals surface area contributed by atoms with Crippen LogP contribution in [0, 0.1) is 6.92 Å². The van der Waals surface area contributed by atoms with Crippen LogP contribution in [0.5, 0.6) is 0 Å². The van der Waals surface area contributed by atoms with Crippen molar-refractivity contribution in [2.24, 2.45) is 0 Å². The lowest BCUT2D eigenvalue weighted by Gasteiger charge is -2.20. The van der Waals surface area contributed by atoms with Crippen molar-refractivity contribution in [3.05, 3.63) is 89.0 Å². The third kappa shape index (κ3) is 5.19. The fourth-order valence-electron chi connectivity index (χ4n) is 4.50. The first-order valence-corrected chi connectivity index (χ1v) is 11.6. The molecule has 0 saturated heterocycles. The molecule has 0 bridgehead atoms. The number of aliphatic carboxylic acids is 1. The molecule has 0 spiro atoms. The van der Waals surface area contributed by atoms with E-state index < -0.39 is 12.1 Å². The van der Waals surface area contributed by atoms with Gasteiger partial charge < -0.3 is 14.7 Å². The summed E-state index contributed by atoms with van der Waals surface area (Å²) in [5.74, 6) is -1.22. The zero-order valence-corrected chi connectivity index (χ0v) is 19.8. The Morgan fingerprint density at radius 1 is 0.971 bits per heavy atom. The Kier molecular flexibility index (Phi) is 7.15. The monoisotopic (exact) mass is 472 g/mol. The predicted octanol–water partition coefficient (Wildman–Crippen LogP) is 5.29. The van der Waals surface area contributed by atoms with Crippen molar-refractivity contribution in [2.75, 3.05) is 25.0 Å². The van der Waals surface area contributed by atoms with E-state index >= 15 is 0 Å². The number of carbonyl (C=O) groups excluding carboxylic acids is 2. The molecule has 2 N–H and O–H groups in total. The second-order valence-electron chi connectivity index (χ2n) is 8.51. The fraction of sp³-hybridized carbons (Fsp3) is 0.250. The standard InChI is InChI=1S/C28H28N2O5/c1-3-30(15-14-26(31)32)27(33)19-12-13-25(18(2)16-19)29-28(34)35-17-24-22-10-6-4-8-20(22)21-9-5-7-11-23(21)24/h4-13,16,24H,3,14-15,17H2,1-2H3,(H,29,34)(H,31,32). The van der Waals surface area contributed by atoms with Gasteiger partial charge in [0.05, 0.1) is 6.42 Å². The van der Waals surface area contributed by atoms with Crippen LogP contribution < -0.4 is 5.32 Å². The number of benzene rings is 3. The second kappa shape index (κ2) is 10.4. The molecule has 7 nitrogen and oxygen atoms in total. The minimum atomic E-state index is -0.949. The van der Waals surface area contributed by atoms with E-state index in [0.29, 0.717) is 23.4 Å². The summed E-state index contributed by atoms with van der Waals surface area (Å²) in [6.07, 6.45) is -0.675. The Labute approximate surface area is 204 Å². The molecule has 35 heavy (non-hydrogen) atoms. The molecule has 0 aromatic heterocycles. The first kappa shape index (κ1) is 24.0. The van der Waals surface area contributed by atoms with Crippen molar-refractivity contribution in [3.8, 4) is 11.1 Å². The van der Waals surface area contributed by atoms with Gasteiger partial charge in [-0.1, -0.05) is 48.5 Å². The van der Waals surface area contributed by atoms with E-state index in [1.807, 2.05) is 24.3 Å². The van der Waals surface area contributed by atoms with Crippen molar-refractivity contribution in [1.82, 2.24) is 4.90 Å². The molecule has 1 aliphatic carbocycles. The van der Waals surface area contributed by atoms with Crippen LogP contribution in [0.2, 0.25) is 0 Å². The average Bonchev–Trinajstić information content (AvgIpc) is 3.18. The van der Waals surface area contributed by atoms with Crippen molar-refractivity contribution in [2.45, 2.75) is 26.2 Å². The summed E-state index contributed by atoms with van der Waals surface area (Å²) in [5.41, 5.74) is 6.31. The minimum absolute atomic E-state index is 0.0277. The summed E-state index contributed by atoms with van der Waals surface area (Å²) < 4.78 is 5.61. The molecule has 180 valence electrons. The van der Waals surface area contributed by atoms with E-state index in [-0.39, 0.29) is 31.4 Å². The van der Waals surface area contributed by atoms with Crippen LogP contribution in [-0.4, -0.2) is 47.7 Å².